The minimum atomic E-state index is -1.33. The van der Waals surface area contributed by atoms with E-state index in [1.807, 2.05) is 0 Å². The summed E-state index contributed by atoms with van der Waals surface area (Å²) in [7, 11) is 0.797. The molecule has 6 nitrogen and oxygen atoms in total. The quantitative estimate of drug-likeness (QED) is 0.262. The third-order valence-electron chi connectivity index (χ3n) is 2.63. The fourth-order valence-electron chi connectivity index (χ4n) is 1.76. The van der Waals surface area contributed by atoms with E-state index in [0.717, 1.165) is 25.9 Å². The lowest BCUT2D eigenvalue weighted by Gasteiger charge is -2.26. The van der Waals surface area contributed by atoms with Gasteiger partial charge in [-0.15, -0.1) is 0 Å². The second kappa shape index (κ2) is 6.90. The van der Waals surface area contributed by atoms with Gasteiger partial charge in [0.15, 0.2) is 0 Å². The number of piperidine rings is 1. The molecular weight excluding hydrogens is 249 g/mol. The molecule has 18 heavy (non-hydrogen) atoms. The Bertz CT molecular complexity index is 346. The number of aliphatic imine (C=N–C) groups is 1. The number of rotatable bonds is 3. The van der Waals surface area contributed by atoms with E-state index in [9.17, 15) is 4.79 Å². The Hall–Kier alpha value is -0.870. The molecule has 1 aliphatic rings. The van der Waals surface area contributed by atoms with Gasteiger partial charge in [-0.3, -0.25) is 15.6 Å². The fraction of sp³-hybridized carbons (Fsp3) is 0.818. The number of carbonyl (C=O) groups excluding carboxylic acids is 1. The highest BCUT2D eigenvalue weighted by atomic mass is 31.2. The van der Waals surface area contributed by atoms with Crippen LogP contribution in [0.5, 0.6) is 0 Å². The number of nitrogens with zero attached hydrogens (tertiary/aromatic N) is 3. The van der Waals surface area contributed by atoms with E-state index in [2.05, 4.69) is 52.5 Å². The van der Waals surface area contributed by atoms with Crippen LogP contribution in [0, 0.1) is 0 Å². The van der Waals surface area contributed by atoms with Gasteiger partial charge in [0.1, 0.15) is 0 Å². The van der Waals surface area contributed by atoms with Gasteiger partial charge in [-0.2, -0.15) is 0 Å². The molecule has 0 unspecified atom stereocenters. The molecule has 1 amide bonds. The summed E-state index contributed by atoms with van der Waals surface area (Å²) in [5, 5.41) is 0. The number of guanidine groups is 1. The zero-order valence-corrected chi connectivity index (χ0v) is 12.6. The van der Waals surface area contributed by atoms with Crippen LogP contribution in [0.1, 0.15) is 12.8 Å². The summed E-state index contributed by atoms with van der Waals surface area (Å²) in [6, 6.07) is 0.299. The molecule has 0 spiro atoms. The van der Waals surface area contributed by atoms with Crippen LogP contribution in [0.3, 0.4) is 0 Å². The normalized spacial score (nSPS) is 19.4. The molecular formula is C11H24N5OP. The van der Waals surface area contributed by atoms with E-state index in [4.69, 9.17) is 0 Å². The van der Waals surface area contributed by atoms with Crippen LogP contribution in [0.15, 0.2) is 9.74 Å². The van der Waals surface area contributed by atoms with Gasteiger partial charge in [0.25, 0.3) is 0 Å². The van der Waals surface area contributed by atoms with Crippen LogP contribution in [0.2, 0.25) is 0 Å². The Morgan fingerprint density at radius 3 is 2.44 bits per heavy atom. The Kier molecular flexibility index (Phi) is 5.82. The summed E-state index contributed by atoms with van der Waals surface area (Å²) in [6.07, 6.45) is 2.68. The second-order valence-corrected chi connectivity index (χ2v) is 9.50. The number of amides is 1. The van der Waals surface area contributed by atoms with E-state index in [-0.39, 0.29) is 0 Å². The highest BCUT2D eigenvalue weighted by Gasteiger charge is 2.16. The van der Waals surface area contributed by atoms with Crippen molar-refractivity contribution < 1.29 is 4.79 Å². The molecule has 104 valence electrons. The molecule has 1 saturated heterocycles. The van der Waals surface area contributed by atoms with Crippen LogP contribution in [0.25, 0.3) is 0 Å². The fourth-order valence-corrected chi connectivity index (χ4v) is 2.43. The average Bonchev–Trinajstić information content (AvgIpc) is 2.27. The topological polar surface area (TPSA) is 69.1 Å². The smallest absolute Gasteiger partial charge is 0.235 e. The van der Waals surface area contributed by atoms with Gasteiger partial charge in [-0.05, 0) is 60.0 Å². The second-order valence-electron chi connectivity index (χ2n) is 5.42. The van der Waals surface area contributed by atoms with Crippen molar-refractivity contribution in [3.63, 3.8) is 0 Å². The van der Waals surface area contributed by atoms with Crippen molar-refractivity contribution in [2.45, 2.75) is 18.9 Å². The lowest BCUT2D eigenvalue weighted by Crippen LogP contribution is -2.38. The first-order valence-corrected chi connectivity index (χ1v) is 9.25. The van der Waals surface area contributed by atoms with Crippen molar-refractivity contribution in [2.24, 2.45) is 9.74 Å². The first-order valence-electron chi connectivity index (χ1n) is 6.17. The van der Waals surface area contributed by atoms with Gasteiger partial charge in [-0.1, -0.05) is 0 Å². The molecule has 0 aromatic heterocycles. The molecule has 1 heterocycles. The lowest BCUT2D eigenvalue weighted by molar-refractivity contribution is -0.110. The number of hydrazine groups is 1. The van der Waals surface area contributed by atoms with Crippen molar-refractivity contribution in [2.75, 3.05) is 40.1 Å². The van der Waals surface area contributed by atoms with E-state index in [1.165, 1.54) is 0 Å². The summed E-state index contributed by atoms with van der Waals surface area (Å²) in [4.78, 5) is 17.3. The van der Waals surface area contributed by atoms with Crippen LogP contribution in [-0.2, 0) is 4.79 Å². The average molecular weight is 273 g/mol. The summed E-state index contributed by atoms with van der Waals surface area (Å²) in [5.74, 6) is 0.553. The van der Waals surface area contributed by atoms with Gasteiger partial charge >= 0.3 is 0 Å². The summed E-state index contributed by atoms with van der Waals surface area (Å²) in [5.41, 5.74) is 5.19. The molecule has 1 aliphatic heterocycles. The molecule has 7 heteroatoms. The molecule has 0 aromatic rings. The van der Waals surface area contributed by atoms with Gasteiger partial charge in [-0.25, -0.2) is 9.74 Å². The molecule has 0 aromatic carbocycles. The molecule has 0 bridgehead atoms. The SMILES string of the molecule is CN1CCC(N=C(N=P(C)(C)C)NNC=O)CC1. The first kappa shape index (κ1) is 15.2. The number of likely N-dealkylation sites (tertiary alicyclic amines) is 1. The minimum Gasteiger partial charge on any atom is -0.306 e. The summed E-state index contributed by atoms with van der Waals surface area (Å²) < 4.78 is 4.57. The van der Waals surface area contributed by atoms with Crippen molar-refractivity contribution >= 4 is 19.4 Å². The third kappa shape index (κ3) is 6.17. The van der Waals surface area contributed by atoms with Gasteiger partial charge in [0.2, 0.25) is 12.4 Å². The van der Waals surface area contributed by atoms with Gasteiger partial charge in [0.05, 0.1) is 6.04 Å². The van der Waals surface area contributed by atoms with E-state index in [0.29, 0.717) is 18.4 Å². The predicted molar refractivity (Wildman–Crippen MR) is 77.4 cm³/mol. The molecule has 0 radical (unpaired) electrons. The van der Waals surface area contributed by atoms with E-state index < -0.39 is 7.05 Å². The molecule has 2 N–H and O–H groups in total. The van der Waals surface area contributed by atoms with Crippen LogP contribution < -0.4 is 10.9 Å². The van der Waals surface area contributed by atoms with Crippen LogP contribution >= 0.6 is 7.05 Å². The third-order valence-corrected chi connectivity index (χ3v) is 3.42. The molecule has 0 saturated carbocycles. The first-order chi connectivity index (χ1) is 8.40. The molecule has 1 rings (SSSR count). The molecule has 0 aliphatic carbocycles. The standard InChI is InChI=1S/C11H24N5OP/c1-16-7-5-10(6-8-16)13-11(14-12-9-17)15-18(2,3)4/h9-10H,5-8H2,1-4H3,(H,12,17)(H,13,14). The number of carbonyl (C=O) groups is 1. The summed E-state index contributed by atoms with van der Waals surface area (Å²) in [6.45, 7) is 8.46. The van der Waals surface area contributed by atoms with Crippen molar-refractivity contribution in [1.29, 1.82) is 0 Å². The minimum absolute atomic E-state index is 0.299. The maximum Gasteiger partial charge on any atom is 0.235 e. The Morgan fingerprint density at radius 2 is 1.94 bits per heavy atom. The number of hydrogen-bond donors (Lipinski definition) is 2. The van der Waals surface area contributed by atoms with Crippen molar-refractivity contribution in [1.82, 2.24) is 15.8 Å². The molecule has 0 atom stereocenters. The predicted octanol–water partition coefficient (Wildman–Crippen LogP) is 0.778. The monoisotopic (exact) mass is 273 g/mol. The number of hydrogen-bond acceptors (Lipinski definition) is 3. The lowest BCUT2D eigenvalue weighted by atomic mass is 10.1. The Morgan fingerprint density at radius 1 is 1.33 bits per heavy atom. The Balaban J connectivity index is 2.72. The highest BCUT2D eigenvalue weighted by Crippen LogP contribution is 2.35. The zero-order chi connectivity index (χ0) is 13.6. The van der Waals surface area contributed by atoms with Crippen molar-refractivity contribution in [3.8, 4) is 0 Å². The maximum absolute atomic E-state index is 10.3. The van der Waals surface area contributed by atoms with Gasteiger partial charge in [0, 0.05) is 0 Å². The van der Waals surface area contributed by atoms with Gasteiger partial charge < -0.3 is 4.90 Å². The highest BCUT2D eigenvalue weighted by molar-refractivity contribution is 7.64. The number of nitrogens with one attached hydrogen (secondary N) is 2. The van der Waals surface area contributed by atoms with Crippen LogP contribution in [0.4, 0.5) is 0 Å². The van der Waals surface area contributed by atoms with Crippen molar-refractivity contribution in [3.05, 3.63) is 0 Å². The summed E-state index contributed by atoms with van der Waals surface area (Å²) >= 11 is 0. The zero-order valence-electron chi connectivity index (χ0n) is 11.7. The van der Waals surface area contributed by atoms with Crippen LogP contribution in [-0.4, -0.2) is 63.4 Å². The van der Waals surface area contributed by atoms with E-state index in [1.54, 1.807) is 0 Å². The largest absolute Gasteiger partial charge is 0.306 e. The molecule has 1 fully saturated rings. The maximum atomic E-state index is 10.3. The van der Waals surface area contributed by atoms with E-state index >= 15 is 0 Å². The Labute approximate surface area is 109 Å².